The Balaban J connectivity index is 1.55. The molecule has 188 valence electrons. The van der Waals surface area contributed by atoms with E-state index >= 15 is 0 Å². The van der Waals surface area contributed by atoms with Gasteiger partial charge in [0.25, 0.3) is 0 Å². The predicted molar refractivity (Wildman–Crippen MR) is 140 cm³/mol. The zero-order valence-electron chi connectivity index (χ0n) is 21.0. The van der Waals surface area contributed by atoms with Gasteiger partial charge >= 0.3 is 0 Å². The first kappa shape index (κ1) is 23.0. The third-order valence-corrected chi connectivity index (χ3v) is 6.62. The Hall–Kier alpha value is -4.46. The monoisotopic (exact) mass is 496 g/mol. The Bertz CT molecular complexity index is 1460. The molecule has 37 heavy (non-hydrogen) atoms. The minimum absolute atomic E-state index is 0.289. The van der Waals surface area contributed by atoms with Gasteiger partial charge in [-0.2, -0.15) is 10.1 Å². The summed E-state index contributed by atoms with van der Waals surface area (Å²) in [6.07, 6.45) is 1.20. The van der Waals surface area contributed by atoms with Crippen LogP contribution < -0.4 is 24.3 Å². The van der Waals surface area contributed by atoms with Crippen LogP contribution in [-0.4, -0.2) is 35.1 Å². The van der Waals surface area contributed by atoms with Crippen molar-refractivity contribution in [3.8, 4) is 23.0 Å². The molecule has 4 aromatic rings. The van der Waals surface area contributed by atoms with Gasteiger partial charge < -0.3 is 24.3 Å². The number of rotatable bonds is 7. The van der Waals surface area contributed by atoms with E-state index in [1.807, 2.05) is 61.0 Å². The van der Waals surface area contributed by atoms with Gasteiger partial charge in [-0.15, -0.1) is 0 Å². The minimum Gasteiger partial charge on any atom is -0.494 e. The number of aromatic nitrogens is 3. The molecule has 0 saturated carbocycles. The van der Waals surface area contributed by atoms with E-state index in [2.05, 4.69) is 39.7 Å². The molecule has 0 saturated heterocycles. The van der Waals surface area contributed by atoms with E-state index in [4.69, 9.17) is 18.9 Å². The number of methoxy groups -OCH3 is 1. The van der Waals surface area contributed by atoms with Crippen molar-refractivity contribution in [3.63, 3.8) is 0 Å². The van der Waals surface area contributed by atoms with Crippen molar-refractivity contribution in [1.29, 1.82) is 0 Å². The van der Waals surface area contributed by atoms with Gasteiger partial charge in [0.1, 0.15) is 30.0 Å². The first-order valence-electron chi connectivity index (χ1n) is 12.4. The van der Waals surface area contributed by atoms with Crippen LogP contribution in [0.3, 0.4) is 0 Å². The fourth-order valence-electron chi connectivity index (χ4n) is 5.05. The fourth-order valence-corrected chi connectivity index (χ4v) is 5.05. The van der Waals surface area contributed by atoms with Crippen LogP contribution in [0.5, 0.6) is 23.0 Å². The summed E-state index contributed by atoms with van der Waals surface area (Å²) >= 11 is 0. The van der Waals surface area contributed by atoms with Crippen molar-refractivity contribution in [2.75, 3.05) is 25.6 Å². The van der Waals surface area contributed by atoms with Gasteiger partial charge in [0, 0.05) is 11.1 Å². The molecule has 2 aliphatic heterocycles. The third-order valence-electron chi connectivity index (χ3n) is 6.62. The Labute approximate surface area is 215 Å². The van der Waals surface area contributed by atoms with E-state index in [1.54, 1.807) is 13.4 Å². The van der Waals surface area contributed by atoms with Gasteiger partial charge in [-0.05, 0) is 61.4 Å². The summed E-state index contributed by atoms with van der Waals surface area (Å²) in [6.45, 7) is 5.10. The summed E-state index contributed by atoms with van der Waals surface area (Å²) in [5, 5.41) is 8.14. The molecule has 0 unspecified atom stereocenters. The molecule has 0 aliphatic carbocycles. The smallest absolute Gasteiger partial charge is 0.226 e. The molecule has 2 atom stereocenters. The Morgan fingerprint density at radius 3 is 2.49 bits per heavy atom. The van der Waals surface area contributed by atoms with Crippen molar-refractivity contribution in [3.05, 3.63) is 95.3 Å². The molecule has 6 rings (SSSR count). The summed E-state index contributed by atoms with van der Waals surface area (Å²) in [6, 6.07) is 21.8. The molecule has 8 nitrogen and oxygen atoms in total. The molecule has 0 amide bonds. The van der Waals surface area contributed by atoms with E-state index in [0.717, 1.165) is 39.5 Å². The van der Waals surface area contributed by atoms with Gasteiger partial charge in [0.2, 0.25) is 5.95 Å². The first-order valence-corrected chi connectivity index (χ1v) is 12.4. The zero-order valence-corrected chi connectivity index (χ0v) is 21.0. The second-order valence-corrected chi connectivity index (χ2v) is 8.73. The number of hydrogen-bond donors (Lipinski definition) is 1. The first-order chi connectivity index (χ1) is 18.2. The quantitative estimate of drug-likeness (QED) is 0.354. The van der Waals surface area contributed by atoms with Crippen LogP contribution in [0.4, 0.5) is 5.95 Å². The normalized spacial score (nSPS) is 17.6. The number of para-hydroxylation sites is 1. The molecule has 0 radical (unpaired) electrons. The molecule has 3 heterocycles. The number of anilines is 1. The molecule has 0 bridgehead atoms. The lowest BCUT2D eigenvalue weighted by molar-refractivity contribution is 0.222. The second-order valence-electron chi connectivity index (χ2n) is 8.73. The largest absolute Gasteiger partial charge is 0.494 e. The van der Waals surface area contributed by atoms with Crippen molar-refractivity contribution >= 4 is 11.6 Å². The molecule has 8 heteroatoms. The fraction of sp³-hybridized carbons (Fsp3) is 0.241. The average Bonchev–Trinajstić information content (AvgIpc) is 3.41. The summed E-state index contributed by atoms with van der Waals surface area (Å²) in [5.74, 6) is 3.66. The van der Waals surface area contributed by atoms with Crippen LogP contribution >= 0.6 is 0 Å². The molecule has 2 aliphatic rings. The van der Waals surface area contributed by atoms with Gasteiger partial charge in [0.15, 0.2) is 11.5 Å². The Morgan fingerprint density at radius 1 is 0.919 bits per heavy atom. The van der Waals surface area contributed by atoms with Crippen LogP contribution in [0.25, 0.3) is 5.70 Å². The topological polar surface area (TPSA) is 79.7 Å². The van der Waals surface area contributed by atoms with Gasteiger partial charge in [-0.3, -0.25) is 0 Å². The summed E-state index contributed by atoms with van der Waals surface area (Å²) in [4.78, 5) is 4.51. The minimum atomic E-state index is -0.368. The van der Waals surface area contributed by atoms with E-state index in [-0.39, 0.29) is 12.1 Å². The molecule has 0 fully saturated rings. The van der Waals surface area contributed by atoms with Crippen LogP contribution in [0.15, 0.2) is 78.6 Å². The van der Waals surface area contributed by atoms with Crippen LogP contribution in [-0.2, 0) is 0 Å². The summed E-state index contributed by atoms with van der Waals surface area (Å²) < 4.78 is 25.7. The van der Waals surface area contributed by atoms with E-state index < -0.39 is 0 Å². The Kier molecular flexibility index (Phi) is 5.92. The number of ether oxygens (including phenoxy) is 4. The molecule has 3 aromatic carbocycles. The molecule has 1 aromatic heterocycles. The molecular weight excluding hydrogens is 468 g/mol. The van der Waals surface area contributed by atoms with E-state index in [1.165, 1.54) is 0 Å². The van der Waals surface area contributed by atoms with Crippen molar-refractivity contribution in [1.82, 2.24) is 14.8 Å². The zero-order chi connectivity index (χ0) is 25.4. The Morgan fingerprint density at radius 2 is 1.70 bits per heavy atom. The number of benzene rings is 3. The number of nitrogens with one attached hydrogen (secondary N) is 1. The lowest BCUT2D eigenvalue weighted by atomic mass is 9.84. The maximum Gasteiger partial charge on any atom is 0.226 e. The summed E-state index contributed by atoms with van der Waals surface area (Å²) in [7, 11) is 1.65. The van der Waals surface area contributed by atoms with Crippen molar-refractivity contribution < 1.29 is 18.9 Å². The maximum atomic E-state index is 6.69. The number of nitrogens with zero attached hydrogens (tertiary/aromatic N) is 3. The van der Waals surface area contributed by atoms with Crippen LogP contribution in [0.1, 0.15) is 42.7 Å². The predicted octanol–water partition coefficient (Wildman–Crippen LogP) is 5.64. The van der Waals surface area contributed by atoms with Crippen LogP contribution in [0, 0.1) is 0 Å². The maximum absolute atomic E-state index is 6.69. The molecule has 0 spiro atoms. The van der Waals surface area contributed by atoms with Gasteiger partial charge in [0.05, 0.1) is 26.0 Å². The third kappa shape index (κ3) is 3.94. The van der Waals surface area contributed by atoms with Crippen molar-refractivity contribution in [2.45, 2.75) is 26.0 Å². The van der Waals surface area contributed by atoms with Crippen molar-refractivity contribution in [2.24, 2.45) is 0 Å². The summed E-state index contributed by atoms with van der Waals surface area (Å²) in [5.41, 5.74) is 4.99. The van der Waals surface area contributed by atoms with Crippen LogP contribution in [0.2, 0.25) is 0 Å². The average molecular weight is 497 g/mol. The number of fused-ring (bicyclic) bond motifs is 3. The van der Waals surface area contributed by atoms with E-state index in [0.29, 0.717) is 30.7 Å². The lowest BCUT2D eigenvalue weighted by Crippen LogP contribution is -2.32. The highest BCUT2D eigenvalue weighted by atomic mass is 16.5. The lowest BCUT2D eigenvalue weighted by Gasteiger charge is -2.39. The second kappa shape index (κ2) is 9.54. The standard InChI is InChI=1S/C29H28N4O4/c1-4-35-20-13-10-18(11-14-20)28-25-26(21-8-6-7-9-22(21)37-28)32-29-30-17-31-33(29)27(25)19-12-15-23(36-5-2)24(16-19)34-3/h6-17,27-28H,4-5H2,1-3H3,(H,30,31,32)/t27-,28+/m1/s1. The highest BCUT2D eigenvalue weighted by Gasteiger charge is 2.41. The SMILES string of the molecule is CCOc1ccc([C@@H]2Oc3ccccc3C3=C2[C@@H](c2ccc(OCC)c(OC)c2)n2ncnc2N3)cc1. The number of hydrogen-bond acceptors (Lipinski definition) is 7. The molecular formula is C29H28N4O4. The highest BCUT2D eigenvalue weighted by Crippen LogP contribution is 2.51. The van der Waals surface area contributed by atoms with E-state index in [9.17, 15) is 0 Å². The van der Waals surface area contributed by atoms with Gasteiger partial charge in [-0.1, -0.05) is 30.3 Å². The molecule has 1 N–H and O–H groups in total. The highest BCUT2D eigenvalue weighted by molar-refractivity contribution is 5.85. The van der Waals surface area contributed by atoms with Gasteiger partial charge in [-0.25, -0.2) is 4.68 Å².